The van der Waals surface area contributed by atoms with Crippen molar-refractivity contribution < 1.29 is 13.3 Å². The number of hydrogen-bond donors (Lipinski definition) is 2. The van der Waals surface area contributed by atoms with Gasteiger partial charge in [-0.2, -0.15) is 4.72 Å². The average molecular weight is 372 g/mol. The second-order valence-corrected chi connectivity index (χ2v) is 12.5. The standard InChI is InChI=1S/C18H30N2O2S2/c1-16(2)9-14-10-18(5,11-16)13-20(14)12-17(3,4)19-24(21,22)15-7-6-8-23-15/h6-8,14,19H,9-13H2,1-5H3/p+1/t14-,18+/m1/s1. The third-order valence-electron chi connectivity index (χ3n) is 5.51. The molecule has 0 aromatic carbocycles. The Kier molecular flexibility index (Phi) is 4.43. The van der Waals surface area contributed by atoms with Gasteiger partial charge >= 0.3 is 0 Å². The number of nitrogens with one attached hydrogen (secondary N) is 2. The molecular formula is C18H31N2O2S2+. The van der Waals surface area contributed by atoms with Gasteiger partial charge in [0.25, 0.3) is 10.0 Å². The smallest absolute Gasteiger partial charge is 0.250 e. The van der Waals surface area contributed by atoms with Crippen molar-refractivity contribution >= 4 is 21.4 Å². The van der Waals surface area contributed by atoms with Crippen LogP contribution in [0.3, 0.4) is 0 Å². The molecule has 6 heteroatoms. The van der Waals surface area contributed by atoms with Gasteiger partial charge in [-0.15, -0.1) is 11.3 Å². The van der Waals surface area contributed by atoms with Gasteiger partial charge in [0.1, 0.15) is 4.21 Å². The van der Waals surface area contributed by atoms with E-state index in [9.17, 15) is 8.42 Å². The van der Waals surface area contributed by atoms with E-state index in [0.29, 0.717) is 21.1 Å². The summed E-state index contributed by atoms with van der Waals surface area (Å²) >= 11 is 1.27. The van der Waals surface area contributed by atoms with Crippen LogP contribution >= 0.6 is 11.3 Å². The van der Waals surface area contributed by atoms with Crippen molar-refractivity contribution in [2.45, 2.75) is 69.7 Å². The van der Waals surface area contributed by atoms with Crippen LogP contribution in [-0.4, -0.2) is 33.1 Å². The second-order valence-electron chi connectivity index (χ2n) is 9.69. The Hall–Kier alpha value is -0.430. The molecule has 4 nitrogen and oxygen atoms in total. The summed E-state index contributed by atoms with van der Waals surface area (Å²) in [6.07, 6.45) is 3.80. The summed E-state index contributed by atoms with van der Waals surface area (Å²) < 4.78 is 28.5. The lowest BCUT2D eigenvalue weighted by atomic mass is 9.65. The van der Waals surface area contributed by atoms with Gasteiger partial charge < -0.3 is 4.90 Å². The molecule has 3 atom stereocenters. The maximum absolute atomic E-state index is 12.6. The van der Waals surface area contributed by atoms with E-state index < -0.39 is 15.6 Å². The Morgan fingerprint density at radius 3 is 2.67 bits per heavy atom. The molecule has 136 valence electrons. The van der Waals surface area contributed by atoms with E-state index in [1.807, 2.05) is 13.8 Å². The SMILES string of the molecule is CC1(C)C[C@@H]2C[C@](C)(C[NH+]2CC(C)(C)NS(=O)(=O)c2cccs2)C1. The molecule has 0 amide bonds. The molecule has 1 aromatic heterocycles. The van der Waals surface area contributed by atoms with Crippen molar-refractivity contribution in [3.05, 3.63) is 17.5 Å². The number of sulfonamides is 1. The molecule has 24 heavy (non-hydrogen) atoms. The zero-order valence-electron chi connectivity index (χ0n) is 15.5. The Bertz CT molecular complexity index is 695. The van der Waals surface area contributed by atoms with E-state index in [2.05, 4.69) is 25.5 Å². The first-order valence-electron chi connectivity index (χ1n) is 8.82. The number of fused-ring (bicyclic) bond motifs is 2. The number of hydrogen-bond acceptors (Lipinski definition) is 3. The van der Waals surface area contributed by atoms with E-state index in [0.717, 1.165) is 13.1 Å². The molecule has 1 unspecified atom stereocenters. The van der Waals surface area contributed by atoms with Crippen molar-refractivity contribution in [3.63, 3.8) is 0 Å². The first kappa shape index (κ1) is 18.4. The summed E-state index contributed by atoms with van der Waals surface area (Å²) in [7, 11) is -3.42. The number of likely N-dealkylation sites (tertiary alicyclic amines) is 1. The highest BCUT2D eigenvalue weighted by Gasteiger charge is 2.53. The van der Waals surface area contributed by atoms with Gasteiger partial charge in [0.15, 0.2) is 0 Å². The third kappa shape index (κ3) is 3.87. The fourth-order valence-electron chi connectivity index (χ4n) is 5.39. The first-order chi connectivity index (χ1) is 10.9. The van der Waals surface area contributed by atoms with Gasteiger partial charge in [0.2, 0.25) is 0 Å². The van der Waals surface area contributed by atoms with E-state index in [1.165, 1.54) is 30.6 Å². The Labute approximate surface area is 150 Å². The quantitative estimate of drug-likeness (QED) is 0.834. The molecule has 3 rings (SSSR count). The van der Waals surface area contributed by atoms with E-state index in [-0.39, 0.29) is 0 Å². The lowest BCUT2D eigenvalue weighted by Crippen LogP contribution is -3.16. The minimum Gasteiger partial charge on any atom is -0.330 e. The normalized spacial score (nSPS) is 32.9. The molecule has 1 saturated heterocycles. The van der Waals surface area contributed by atoms with Crippen LogP contribution in [0.25, 0.3) is 0 Å². The number of rotatable bonds is 5. The molecule has 2 aliphatic rings. The zero-order valence-corrected chi connectivity index (χ0v) is 17.1. The molecule has 2 N–H and O–H groups in total. The van der Waals surface area contributed by atoms with Crippen LogP contribution in [0.4, 0.5) is 0 Å². The van der Waals surface area contributed by atoms with Crippen LogP contribution in [-0.2, 0) is 10.0 Å². The van der Waals surface area contributed by atoms with E-state index in [4.69, 9.17) is 0 Å². The Balaban J connectivity index is 1.71. The van der Waals surface area contributed by atoms with Crippen LogP contribution in [0.5, 0.6) is 0 Å². The summed E-state index contributed by atoms with van der Waals surface area (Å²) in [4.78, 5) is 1.57. The minimum absolute atomic E-state index is 0.402. The predicted molar refractivity (Wildman–Crippen MR) is 98.9 cm³/mol. The fraction of sp³-hybridized carbons (Fsp3) is 0.778. The van der Waals surface area contributed by atoms with Gasteiger partial charge in [0, 0.05) is 18.3 Å². The molecule has 1 aliphatic heterocycles. The lowest BCUT2D eigenvalue weighted by Gasteiger charge is -2.37. The van der Waals surface area contributed by atoms with Crippen molar-refractivity contribution in [3.8, 4) is 0 Å². The molecule has 1 saturated carbocycles. The highest BCUT2D eigenvalue weighted by Crippen LogP contribution is 2.47. The van der Waals surface area contributed by atoms with Crippen LogP contribution in [0, 0.1) is 10.8 Å². The van der Waals surface area contributed by atoms with Crippen molar-refractivity contribution in [1.82, 2.24) is 4.72 Å². The second kappa shape index (κ2) is 5.79. The monoisotopic (exact) mass is 371 g/mol. The highest BCUT2D eigenvalue weighted by molar-refractivity contribution is 7.91. The molecule has 2 fully saturated rings. The van der Waals surface area contributed by atoms with Gasteiger partial charge in [-0.05, 0) is 37.1 Å². The fourth-order valence-corrected chi connectivity index (χ4v) is 7.80. The van der Waals surface area contributed by atoms with E-state index in [1.54, 1.807) is 22.4 Å². The predicted octanol–water partition coefficient (Wildman–Crippen LogP) is 2.29. The highest BCUT2D eigenvalue weighted by atomic mass is 32.2. The maximum Gasteiger partial charge on any atom is 0.250 e. The molecular weight excluding hydrogens is 340 g/mol. The van der Waals surface area contributed by atoms with E-state index >= 15 is 0 Å². The summed E-state index contributed by atoms with van der Waals surface area (Å²) in [6.45, 7) is 13.2. The van der Waals surface area contributed by atoms with Gasteiger partial charge in [-0.1, -0.05) is 26.8 Å². The van der Waals surface area contributed by atoms with Crippen LogP contribution < -0.4 is 9.62 Å². The molecule has 1 aliphatic carbocycles. The van der Waals surface area contributed by atoms with Crippen molar-refractivity contribution in [1.29, 1.82) is 0 Å². The van der Waals surface area contributed by atoms with Gasteiger partial charge in [-0.25, -0.2) is 8.42 Å². The summed E-state index contributed by atoms with van der Waals surface area (Å²) in [5, 5.41) is 1.80. The van der Waals surface area contributed by atoms with Gasteiger partial charge in [-0.3, -0.25) is 0 Å². The number of thiophene rings is 1. The summed E-state index contributed by atoms with van der Waals surface area (Å²) in [6, 6.07) is 4.11. The molecule has 2 bridgehead atoms. The molecule has 0 spiro atoms. The molecule has 2 heterocycles. The van der Waals surface area contributed by atoms with Gasteiger partial charge in [0.05, 0.1) is 24.7 Å². The topological polar surface area (TPSA) is 50.6 Å². The maximum atomic E-state index is 12.6. The Morgan fingerprint density at radius 2 is 2.04 bits per heavy atom. The lowest BCUT2D eigenvalue weighted by molar-refractivity contribution is -0.917. The summed E-state index contributed by atoms with van der Waals surface area (Å²) in [5.41, 5.74) is 0.362. The van der Waals surface area contributed by atoms with Crippen LogP contribution in [0.2, 0.25) is 0 Å². The average Bonchev–Trinajstić information content (AvgIpc) is 2.93. The zero-order chi connectivity index (χ0) is 17.8. The summed E-state index contributed by atoms with van der Waals surface area (Å²) in [5.74, 6) is 0. The Morgan fingerprint density at radius 1 is 1.33 bits per heavy atom. The first-order valence-corrected chi connectivity index (χ1v) is 11.2. The number of quaternary nitrogens is 1. The molecule has 1 aromatic rings. The minimum atomic E-state index is -3.42. The third-order valence-corrected chi connectivity index (χ3v) is 8.61. The van der Waals surface area contributed by atoms with Crippen molar-refractivity contribution in [2.75, 3.05) is 13.1 Å². The van der Waals surface area contributed by atoms with Crippen LogP contribution in [0.15, 0.2) is 21.7 Å². The van der Waals surface area contributed by atoms with Crippen LogP contribution in [0.1, 0.15) is 53.9 Å². The largest absolute Gasteiger partial charge is 0.330 e. The molecule has 0 radical (unpaired) electrons. The van der Waals surface area contributed by atoms with Crippen molar-refractivity contribution in [2.24, 2.45) is 10.8 Å².